The first kappa shape index (κ1) is 12.9. The Balaban J connectivity index is 3.07. The number of rotatable bonds is 3. The van der Waals surface area contributed by atoms with E-state index in [-0.39, 0.29) is 17.5 Å². The number of hydrogen-bond donors (Lipinski definition) is 2. The molecule has 1 unspecified atom stereocenters. The van der Waals surface area contributed by atoms with E-state index in [4.69, 9.17) is 11.0 Å². The number of aromatic hydroxyl groups is 1. The minimum absolute atomic E-state index is 0.0291. The molecular formula is C13H15N3O. The monoisotopic (exact) mass is 229 g/mol. The summed E-state index contributed by atoms with van der Waals surface area (Å²) in [5, 5.41) is 18.3. The van der Waals surface area contributed by atoms with E-state index in [1.165, 1.54) is 0 Å². The summed E-state index contributed by atoms with van der Waals surface area (Å²) in [7, 11) is 0. The highest BCUT2D eigenvalue weighted by Crippen LogP contribution is 2.22. The van der Waals surface area contributed by atoms with E-state index in [0.29, 0.717) is 0 Å². The molecule has 3 N–H and O–H groups in total. The third-order valence-electron chi connectivity index (χ3n) is 2.21. The molecular weight excluding hydrogens is 214 g/mol. The molecule has 0 radical (unpaired) electrons. The van der Waals surface area contributed by atoms with Crippen LogP contribution in [0.2, 0.25) is 0 Å². The highest BCUT2D eigenvalue weighted by Gasteiger charge is 2.04. The van der Waals surface area contributed by atoms with Gasteiger partial charge in [-0.15, -0.1) is 0 Å². The van der Waals surface area contributed by atoms with Gasteiger partial charge in [0.25, 0.3) is 0 Å². The van der Waals surface area contributed by atoms with Gasteiger partial charge in [0.1, 0.15) is 11.8 Å². The number of phenolic OH excluding ortho intramolecular Hbond substituents is 1. The van der Waals surface area contributed by atoms with Crippen LogP contribution in [0.25, 0.3) is 5.57 Å². The van der Waals surface area contributed by atoms with Crippen molar-refractivity contribution in [2.75, 3.05) is 0 Å². The van der Waals surface area contributed by atoms with Crippen LogP contribution in [0.3, 0.4) is 0 Å². The molecule has 0 fully saturated rings. The van der Waals surface area contributed by atoms with Crippen molar-refractivity contribution in [1.82, 2.24) is 0 Å². The second-order valence-electron chi connectivity index (χ2n) is 3.61. The molecule has 1 rings (SSSR count). The SMILES string of the molecule is C/C=C(\C=N/C(C)N)c1ccc(C#N)c(O)c1. The fourth-order valence-electron chi connectivity index (χ4n) is 1.32. The van der Waals surface area contributed by atoms with E-state index in [1.807, 2.05) is 19.1 Å². The molecule has 1 atom stereocenters. The van der Waals surface area contributed by atoms with E-state index >= 15 is 0 Å². The van der Waals surface area contributed by atoms with Crippen LogP contribution in [0.1, 0.15) is 25.0 Å². The van der Waals surface area contributed by atoms with Crippen molar-refractivity contribution in [3.63, 3.8) is 0 Å². The van der Waals surface area contributed by atoms with Crippen LogP contribution in [0.15, 0.2) is 29.3 Å². The average molecular weight is 229 g/mol. The van der Waals surface area contributed by atoms with Crippen LogP contribution in [0.5, 0.6) is 5.75 Å². The number of nitrogens with zero attached hydrogens (tertiary/aromatic N) is 2. The van der Waals surface area contributed by atoms with E-state index in [1.54, 1.807) is 31.3 Å². The Morgan fingerprint density at radius 3 is 2.76 bits per heavy atom. The summed E-state index contributed by atoms with van der Waals surface area (Å²) in [5.74, 6) is -0.0291. The molecule has 1 aromatic carbocycles. The Kier molecular flexibility index (Phi) is 4.44. The fourth-order valence-corrected chi connectivity index (χ4v) is 1.32. The summed E-state index contributed by atoms with van der Waals surface area (Å²) in [4.78, 5) is 4.08. The van der Waals surface area contributed by atoms with Gasteiger partial charge in [-0.05, 0) is 37.1 Å². The number of benzene rings is 1. The van der Waals surface area contributed by atoms with E-state index in [9.17, 15) is 5.11 Å². The number of nitriles is 1. The highest BCUT2D eigenvalue weighted by atomic mass is 16.3. The molecule has 0 amide bonds. The lowest BCUT2D eigenvalue weighted by Gasteiger charge is -2.04. The van der Waals surface area contributed by atoms with E-state index in [2.05, 4.69) is 4.99 Å². The Bertz CT molecular complexity index is 496. The predicted molar refractivity (Wildman–Crippen MR) is 68.6 cm³/mol. The van der Waals surface area contributed by atoms with Gasteiger partial charge in [0.15, 0.2) is 0 Å². The number of hydrogen-bond acceptors (Lipinski definition) is 4. The van der Waals surface area contributed by atoms with Crippen molar-refractivity contribution in [3.8, 4) is 11.8 Å². The maximum Gasteiger partial charge on any atom is 0.133 e. The normalized spacial score (nSPS) is 13.6. The number of phenols is 1. The van der Waals surface area contributed by atoms with E-state index in [0.717, 1.165) is 11.1 Å². The topological polar surface area (TPSA) is 82.4 Å². The van der Waals surface area contributed by atoms with Gasteiger partial charge in [0, 0.05) is 6.21 Å². The van der Waals surface area contributed by atoms with Gasteiger partial charge in [-0.3, -0.25) is 4.99 Å². The molecule has 0 spiro atoms. The number of nitrogens with two attached hydrogens (primary N) is 1. The molecule has 0 heterocycles. The Labute approximate surface area is 101 Å². The predicted octanol–water partition coefficient (Wildman–Crippen LogP) is 2.04. The second kappa shape index (κ2) is 5.83. The van der Waals surface area contributed by atoms with Crippen LogP contribution < -0.4 is 5.73 Å². The van der Waals surface area contributed by atoms with Crippen molar-refractivity contribution in [1.29, 1.82) is 5.26 Å². The van der Waals surface area contributed by atoms with Crippen LogP contribution in [-0.2, 0) is 0 Å². The Morgan fingerprint density at radius 1 is 1.59 bits per heavy atom. The highest BCUT2D eigenvalue weighted by molar-refractivity contribution is 6.09. The fraction of sp³-hybridized carbons (Fsp3) is 0.231. The molecule has 0 aliphatic carbocycles. The minimum Gasteiger partial charge on any atom is -0.507 e. The zero-order valence-electron chi connectivity index (χ0n) is 9.88. The number of aliphatic imine (C=N–C) groups is 1. The summed E-state index contributed by atoms with van der Waals surface area (Å²) in [6.07, 6.45) is 3.26. The summed E-state index contributed by atoms with van der Waals surface area (Å²) < 4.78 is 0. The van der Waals surface area contributed by atoms with Crippen molar-refractivity contribution in [3.05, 3.63) is 35.4 Å². The lowest BCUT2D eigenvalue weighted by molar-refractivity contribution is 0.473. The number of allylic oxidation sites excluding steroid dienone is 2. The summed E-state index contributed by atoms with van der Waals surface area (Å²) >= 11 is 0. The summed E-state index contributed by atoms with van der Waals surface area (Å²) in [5.41, 5.74) is 7.44. The minimum atomic E-state index is -0.267. The Morgan fingerprint density at radius 2 is 2.29 bits per heavy atom. The van der Waals surface area contributed by atoms with Crippen LogP contribution in [0, 0.1) is 11.3 Å². The van der Waals surface area contributed by atoms with Gasteiger partial charge >= 0.3 is 0 Å². The summed E-state index contributed by atoms with van der Waals surface area (Å²) in [6, 6.07) is 6.79. The first-order chi connectivity index (χ1) is 8.08. The molecule has 0 aliphatic rings. The standard InChI is InChI=1S/C13H15N3O/c1-3-10(8-16-9(2)15)11-4-5-12(7-14)13(17)6-11/h3-6,8-9,17H,15H2,1-2H3/b10-3+,16-8-. The Hall–Kier alpha value is -2.12. The third-order valence-corrected chi connectivity index (χ3v) is 2.21. The van der Waals surface area contributed by atoms with Gasteiger partial charge in [0.05, 0.1) is 11.7 Å². The van der Waals surface area contributed by atoms with E-state index < -0.39 is 0 Å². The zero-order chi connectivity index (χ0) is 12.8. The molecule has 0 saturated heterocycles. The van der Waals surface area contributed by atoms with Crippen molar-refractivity contribution in [2.45, 2.75) is 20.0 Å². The second-order valence-corrected chi connectivity index (χ2v) is 3.61. The lowest BCUT2D eigenvalue weighted by atomic mass is 10.0. The quantitative estimate of drug-likeness (QED) is 0.778. The van der Waals surface area contributed by atoms with Crippen molar-refractivity contribution >= 4 is 11.8 Å². The van der Waals surface area contributed by atoms with Gasteiger partial charge in [-0.2, -0.15) is 5.26 Å². The van der Waals surface area contributed by atoms with Gasteiger partial charge < -0.3 is 10.8 Å². The molecule has 0 aromatic heterocycles. The largest absolute Gasteiger partial charge is 0.507 e. The zero-order valence-corrected chi connectivity index (χ0v) is 9.88. The van der Waals surface area contributed by atoms with Crippen molar-refractivity contribution < 1.29 is 5.11 Å². The van der Waals surface area contributed by atoms with Gasteiger partial charge in [-0.25, -0.2) is 0 Å². The third kappa shape index (κ3) is 3.44. The van der Waals surface area contributed by atoms with Crippen LogP contribution in [-0.4, -0.2) is 17.5 Å². The molecule has 4 nitrogen and oxygen atoms in total. The molecule has 0 bridgehead atoms. The average Bonchev–Trinajstić information content (AvgIpc) is 2.29. The smallest absolute Gasteiger partial charge is 0.133 e. The lowest BCUT2D eigenvalue weighted by Crippen LogP contribution is -2.11. The molecule has 4 heteroatoms. The molecule has 0 aliphatic heterocycles. The van der Waals surface area contributed by atoms with Gasteiger partial charge in [0.2, 0.25) is 0 Å². The molecule has 0 saturated carbocycles. The van der Waals surface area contributed by atoms with Crippen molar-refractivity contribution in [2.24, 2.45) is 10.7 Å². The molecule has 88 valence electrons. The van der Waals surface area contributed by atoms with Crippen LogP contribution in [0.4, 0.5) is 0 Å². The first-order valence-electron chi connectivity index (χ1n) is 5.27. The molecule has 17 heavy (non-hydrogen) atoms. The molecule has 1 aromatic rings. The van der Waals surface area contributed by atoms with Crippen LogP contribution >= 0.6 is 0 Å². The van der Waals surface area contributed by atoms with Gasteiger partial charge in [-0.1, -0.05) is 12.1 Å². The maximum atomic E-state index is 9.59. The maximum absolute atomic E-state index is 9.59. The summed E-state index contributed by atoms with van der Waals surface area (Å²) in [6.45, 7) is 3.65. The first-order valence-corrected chi connectivity index (χ1v) is 5.27.